The van der Waals surface area contributed by atoms with Crippen LogP contribution in [0.4, 0.5) is 16.2 Å². The number of ether oxygens (including phenoxy) is 2. The van der Waals surface area contributed by atoms with E-state index in [-0.39, 0.29) is 0 Å². The number of nitrogens with one attached hydrogen (secondary N) is 2. The summed E-state index contributed by atoms with van der Waals surface area (Å²) in [5.74, 6) is 2.28. The molecule has 0 aliphatic carbocycles. The number of nitrogens with zero attached hydrogens (tertiary/aromatic N) is 2. The third kappa shape index (κ3) is 5.99. The summed E-state index contributed by atoms with van der Waals surface area (Å²) < 4.78 is 11.9. The first-order valence-corrected chi connectivity index (χ1v) is 11.1. The van der Waals surface area contributed by atoms with Gasteiger partial charge in [0.05, 0.1) is 23.3 Å². The van der Waals surface area contributed by atoms with Crippen LogP contribution in [0.5, 0.6) is 23.0 Å². The number of anilines is 2. The van der Waals surface area contributed by atoms with Crippen LogP contribution in [-0.4, -0.2) is 6.03 Å². The average molecular weight is 475 g/mol. The maximum Gasteiger partial charge on any atom is 0.323 e. The lowest BCUT2D eigenvalue weighted by atomic mass is 10.2. The largest absolute Gasteiger partial charge is 0.457 e. The van der Waals surface area contributed by atoms with E-state index in [1.807, 2.05) is 26.0 Å². The van der Waals surface area contributed by atoms with Crippen molar-refractivity contribution in [3.63, 3.8) is 0 Å². The van der Waals surface area contributed by atoms with Gasteiger partial charge in [-0.05, 0) is 79.6 Å². The molecule has 0 radical (unpaired) electrons. The van der Waals surface area contributed by atoms with Gasteiger partial charge in [0.15, 0.2) is 0 Å². The molecule has 4 aromatic carbocycles. The van der Waals surface area contributed by atoms with Crippen molar-refractivity contribution in [2.45, 2.75) is 13.8 Å². The van der Waals surface area contributed by atoms with E-state index in [4.69, 9.17) is 20.0 Å². The zero-order chi connectivity index (χ0) is 25.5. The molecular formula is C29H22N4O3. The van der Waals surface area contributed by atoms with Gasteiger partial charge < -0.3 is 20.1 Å². The van der Waals surface area contributed by atoms with Gasteiger partial charge in [-0.1, -0.05) is 18.2 Å². The molecule has 0 saturated carbocycles. The summed E-state index contributed by atoms with van der Waals surface area (Å²) in [6.45, 7) is 3.80. The highest BCUT2D eigenvalue weighted by atomic mass is 16.5. The second-order valence-corrected chi connectivity index (χ2v) is 8.02. The van der Waals surface area contributed by atoms with Crippen molar-refractivity contribution in [1.82, 2.24) is 0 Å². The number of aryl methyl sites for hydroxylation is 2. The zero-order valence-electron chi connectivity index (χ0n) is 19.7. The van der Waals surface area contributed by atoms with Crippen LogP contribution in [0.2, 0.25) is 0 Å². The van der Waals surface area contributed by atoms with Crippen molar-refractivity contribution >= 4 is 17.4 Å². The van der Waals surface area contributed by atoms with Crippen LogP contribution in [-0.2, 0) is 0 Å². The molecule has 2 amide bonds. The Morgan fingerprint density at radius 3 is 1.78 bits per heavy atom. The lowest BCUT2D eigenvalue weighted by Crippen LogP contribution is -2.19. The minimum absolute atomic E-state index is 0.426. The van der Waals surface area contributed by atoms with E-state index in [9.17, 15) is 4.79 Å². The molecule has 0 bridgehead atoms. The van der Waals surface area contributed by atoms with Crippen LogP contribution in [0.1, 0.15) is 22.3 Å². The molecule has 4 aromatic rings. The average Bonchev–Trinajstić information content (AvgIpc) is 2.88. The van der Waals surface area contributed by atoms with E-state index in [1.165, 1.54) is 0 Å². The molecule has 4 rings (SSSR count). The number of benzene rings is 4. The number of rotatable bonds is 6. The smallest absolute Gasteiger partial charge is 0.323 e. The predicted octanol–water partition coefficient (Wildman–Crippen LogP) is 7.28. The summed E-state index contributed by atoms with van der Waals surface area (Å²) >= 11 is 0. The fourth-order valence-electron chi connectivity index (χ4n) is 3.35. The molecule has 0 fully saturated rings. The van der Waals surface area contributed by atoms with Gasteiger partial charge >= 0.3 is 6.03 Å². The van der Waals surface area contributed by atoms with Gasteiger partial charge in [0.25, 0.3) is 0 Å². The van der Waals surface area contributed by atoms with Gasteiger partial charge in [-0.3, -0.25) is 0 Å². The summed E-state index contributed by atoms with van der Waals surface area (Å²) in [5.41, 5.74) is 3.92. The Morgan fingerprint density at radius 1 is 0.667 bits per heavy atom. The quantitative estimate of drug-likeness (QED) is 0.305. The van der Waals surface area contributed by atoms with Gasteiger partial charge in [0, 0.05) is 23.5 Å². The molecule has 0 saturated heterocycles. The molecular weight excluding hydrogens is 452 g/mol. The Labute approximate surface area is 209 Å². The number of hydrogen-bond donors (Lipinski definition) is 2. The van der Waals surface area contributed by atoms with Gasteiger partial charge in [-0.25, -0.2) is 4.79 Å². The molecule has 0 aliphatic heterocycles. The Bertz CT molecular complexity index is 1500. The summed E-state index contributed by atoms with van der Waals surface area (Å²) in [6, 6.07) is 28.1. The highest BCUT2D eigenvalue weighted by molar-refractivity contribution is 6.00. The molecule has 0 atom stereocenters. The maximum atomic E-state index is 12.7. The fraction of sp³-hybridized carbons (Fsp3) is 0.0690. The number of nitriles is 2. The lowest BCUT2D eigenvalue weighted by molar-refractivity contribution is 0.262. The first-order valence-electron chi connectivity index (χ1n) is 11.1. The normalized spacial score (nSPS) is 10.0. The van der Waals surface area contributed by atoms with Gasteiger partial charge in [0.1, 0.15) is 23.0 Å². The molecule has 0 aliphatic rings. The number of urea groups is 1. The van der Waals surface area contributed by atoms with E-state index in [2.05, 4.69) is 22.8 Å². The van der Waals surface area contributed by atoms with Crippen molar-refractivity contribution < 1.29 is 14.3 Å². The van der Waals surface area contributed by atoms with E-state index in [1.54, 1.807) is 72.8 Å². The number of amides is 2. The molecule has 0 heterocycles. The number of carbonyl (C=O) groups is 1. The van der Waals surface area contributed by atoms with Gasteiger partial charge in [0.2, 0.25) is 0 Å². The summed E-state index contributed by atoms with van der Waals surface area (Å²) in [4.78, 5) is 12.7. The SMILES string of the molecule is Cc1ccc(NC(=O)Nc2ccc(C)c(Oc3cccc(C#N)c3)c2)cc1Oc1ccc(C#N)cc1. The Hall–Kier alpha value is -5.27. The standard InChI is InChI=1S/C29H22N4O3/c1-19-6-10-23(15-27(19)35-25-12-8-21(17-30)9-13-25)32-29(34)33-24-11-7-20(2)28(16-24)36-26-5-3-4-22(14-26)18-31/h3-16H,1-2H3,(H2,32,33,34). The molecule has 0 unspecified atom stereocenters. The Kier molecular flexibility index (Phi) is 7.14. The molecule has 0 aromatic heterocycles. The topological polar surface area (TPSA) is 107 Å². The summed E-state index contributed by atoms with van der Waals surface area (Å²) in [5, 5.41) is 23.7. The third-order valence-corrected chi connectivity index (χ3v) is 5.29. The molecule has 36 heavy (non-hydrogen) atoms. The maximum absolute atomic E-state index is 12.7. The van der Waals surface area contributed by atoms with Crippen molar-refractivity contribution in [2.75, 3.05) is 10.6 Å². The minimum atomic E-state index is -0.426. The Morgan fingerprint density at radius 2 is 1.22 bits per heavy atom. The number of carbonyl (C=O) groups excluding carboxylic acids is 1. The van der Waals surface area contributed by atoms with Crippen LogP contribution < -0.4 is 20.1 Å². The van der Waals surface area contributed by atoms with Crippen molar-refractivity contribution in [3.8, 4) is 35.1 Å². The van der Waals surface area contributed by atoms with E-state index in [0.717, 1.165) is 11.1 Å². The molecule has 0 spiro atoms. The minimum Gasteiger partial charge on any atom is -0.457 e. The third-order valence-electron chi connectivity index (χ3n) is 5.29. The molecule has 176 valence electrons. The van der Waals surface area contributed by atoms with Crippen molar-refractivity contribution in [1.29, 1.82) is 10.5 Å². The van der Waals surface area contributed by atoms with Gasteiger partial charge in [-0.15, -0.1) is 0 Å². The van der Waals surface area contributed by atoms with Crippen molar-refractivity contribution in [3.05, 3.63) is 107 Å². The molecule has 2 N–H and O–H groups in total. The van der Waals surface area contributed by atoms with Gasteiger partial charge in [-0.2, -0.15) is 10.5 Å². The lowest BCUT2D eigenvalue weighted by Gasteiger charge is -2.14. The van der Waals surface area contributed by atoms with Crippen LogP contribution >= 0.6 is 0 Å². The highest BCUT2D eigenvalue weighted by Crippen LogP contribution is 2.30. The first-order chi connectivity index (χ1) is 17.4. The summed E-state index contributed by atoms with van der Waals surface area (Å²) in [6.07, 6.45) is 0. The Balaban J connectivity index is 1.44. The first kappa shape index (κ1) is 23.9. The predicted molar refractivity (Wildman–Crippen MR) is 137 cm³/mol. The zero-order valence-corrected chi connectivity index (χ0v) is 19.7. The fourth-order valence-corrected chi connectivity index (χ4v) is 3.35. The molecule has 7 nitrogen and oxygen atoms in total. The monoisotopic (exact) mass is 474 g/mol. The van der Waals surface area contributed by atoms with E-state index in [0.29, 0.717) is 45.5 Å². The molecule has 7 heteroatoms. The highest BCUT2D eigenvalue weighted by Gasteiger charge is 2.10. The van der Waals surface area contributed by atoms with E-state index < -0.39 is 6.03 Å². The summed E-state index contributed by atoms with van der Waals surface area (Å²) in [7, 11) is 0. The second-order valence-electron chi connectivity index (χ2n) is 8.02. The van der Waals surface area contributed by atoms with Crippen LogP contribution in [0.15, 0.2) is 84.9 Å². The van der Waals surface area contributed by atoms with Crippen LogP contribution in [0.25, 0.3) is 0 Å². The van der Waals surface area contributed by atoms with Crippen molar-refractivity contribution in [2.24, 2.45) is 0 Å². The van der Waals surface area contributed by atoms with Crippen LogP contribution in [0, 0.1) is 36.5 Å². The second kappa shape index (κ2) is 10.8. The van der Waals surface area contributed by atoms with E-state index >= 15 is 0 Å². The number of hydrogen-bond acceptors (Lipinski definition) is 5. The van der Waals surface area contributed by atoms with Crippen LogP contribution in [0.3, 0.4) is 0 Å².